The van der Waals surface area contributed by atoms with Gasteiger partial charge in [0.1, 0.15) is 6.10 Å². The molecule has 164 valence electrons. The molecule has 7 nitrogen and oxygen atoms in total. The highest BCUT2D eigenvalue weighted by Gasteiger charge is 2.43. The summed E-state index contributed by atoms with van der Waals surface area (Å²) in [4.78, 5) is 8.49. The SMILES string of the molecule is CC(F)(F)[C@H]1CN(C2CCN(c3n[nH]c(N)n3)CC2)[C@@H](Cc2ccc(Cl)cc2)CO1. The molecule has 2 aromatic rings. The van der Waals surface area contributed by atoms with Gasteiger partial charge in [0.05, 0.1) is 6.61 Å². The summed E-state index contributed by atoms with van der Waals surface area (Å²) in [6.07, 6.45) is 1.32. The van der Waals surface area contributed by atoms with Crippen LogP contribution < -0.4 is 10.6 Å². The Morgan fingerprint density at radius 2 is 1.97 bits per heavy atom. The summed E-state index contributed by atoms with van der Waals surface area (Å²) in [5, 5.41) is 7.46. The first kappa shape index (κ1) is 21.3. The number of piperidine rings is 1. The molecule has 1 aromatic heterocycles. The zero-order chi connectivity index (χ0) is 21.3. The van der Waals surface area contributed by atoms with E-state index in [4.69, 9.17) is 22.1 Å². The number of H-pyrrole nitrogens is 1. The highest BCUT2D eigenvalue weighted by molar-refractivity contribution is 6.30. The van der Waals surface area contributed by atoms with E-state index in [1.54, 1.807) is 0 Å². The van der Waals surface area contributed by atoms with Gasteiger partial charge in [0, 0.05) is 43.7 Å². The summed E-state index contributed by atoms with van der Waals surface area (Å²) in [6, 6.07) is 7.92. The van der Waals surface area contributed by atoms with Crippen molar-refractivity contribution in [3.63, 3.8) is 0 Å². The van der Waals surface area contributed by atoms with E-state index < -0.39 is 12.0 Å². The maximum absolute atomic E-state index is 14.0. The molecule has 2 fully saturated rings. The minimum atomic E-state index is -2.87. The second-order valence-corrected chi connectivity index (χ2v) is 8.63. The number of aromatic amines is 1. The summed E-state index contributed by atoms with van der Waals surface area (Å²) < 4.78 is 33.7. The lowest BCUT2D eigenvalue weighted by atomic mass is 9.95. The van der Waals surface area contributed by atoms with Gasteiger partial charge in [-0.15, -0.1) is 5.10 Å². The fraction of sp³-hybridized carbons (Fsp3) is 0.600. The van der Waals surface area contributed by atoms with E-state index in [2.05, 4.69) is 25.0 Å². The Labute approximate surface area is 179 Å². The van der Waals surface area contributed by atoms with Crippen LogP contribution in [0.3, 0.4) is 0 Å². The first-order chi connectivity index (χ1) is 14.3. The number of anilines is 2. The number of hydrogen-bond acceptors (Lipinski definition) is 6. The Bertz CT molecular complexity index is 835. The molecule has 0 unspecified atom stereocenters. The molecule has 30 heavy (non-hydrogen) atoms. The van der Waals surface area contributed by atoms with Gasteiger partial charge in [-0.25, -0.2) is 13.9 Å². The second kappa shape index (κ2) is 8.64. The number of halogens is 3. The van der Waals surface area contributed by atoms with Gasteiger partial charge >= 0.3 is 0 Å². The average Bonchev–Trinajstić information content (AvgIpc) is 3.16. The topological polar surface area (TPSA) is 83.3 Å². The number of rotatable bonds is 5. The largest absolute Gasteiger partial charge is 0.369 e. The van der Waals surface area contributed by atoms with Gasteiger partial charge in [-0.1, -0.05) is 23.7 Å². The molecule has 0 radical (unpaired) electrons. The molecule has 0 bridgehead atoms. The van der Waals surface area contributed by atoms with Crippen LogP contribution >= 0.6 is 11.6 Å². The summed E-state index contributed by atoms with van der Waals surface area (Å²) in [5.41, 5.74) is 6.75. The van der Waals surface area contributed by atoms with Gasteiger partial charge in [0.2, 0.25) is 11.9 Å². The van der Waals surface area contributed by atoms with Crippen molar-refractivity contribution in [3.05, 3.63) is 34.9 Å². The van der Waals surface area contributed by atoms with E-state index in [-0.39, 0.29) is 31.2 Å². The Hall–Kier alpha value is -1.97. The van der Waals surface area contributed by atoms with Gasteiger partial charge in [-0.05, 0) is 37.0 Å². The minimum absolute atomic E-state index is 0.0421. The lowest BCUT2D eigenvalue weighted by molar-refractivity contribution is -0.178. The third-order valence-corrected chi connectivity index (χ3v) is 6.24. The molecular formula is C20H27ClF2N6O. The standard InChI is InChI=1S/C20H27ClF2N6O/c1-20(22,23)17-11-29(16(12-30-17)10-13-2-4-14(21)5-3-13)15-6-8-28(9-7-15)19-25-18(24)26-27-19/h2-5,15-17H,6-12H2,1H3,(H3,24,25,26,27)/t16-,17+/m0/s1. The van der Waals surface area contributed by atoms with Crippen molar-refractivity contribution in [2.24, 2.45) is 0 Å². The molecule has 4 rings (SSSR count). The zero-order valence-corrected chi connectivity index (χ0v) is 17.7. The number of benzene rings is 1. The molecule has 10 heteroatoms. The van der Waals surface area contributed by atoms with E-state index in [9.17, 15) is 8.78 Å². The molecule has 1 aromatic carbocycles. The van der Waals surface area contributed by atoms with E-state index in [1.165, 1.54) is 0 Å². The number of alkyl halides is 2. The molecule has 3 N–H and O–H groups in total. The Morgan fingerprint density at radius 1 is 1.27 bits per heavy atom. The van der Waals surface area contributed by atoms with Gasteiger partial charge in [-0.3, -0.25) is 4.90 Å². The van der Waals surface area contributed by atoms with Crippen molar-refractivity contribution < 1.29 is 13.5 Å². The summed E-state index contributed by atoms with van der Waals surface area (Å²) in [6.45, 7) is 2.94. The Kier molecular flexibility index (Phi) is 6.13. The van der Waals surface area contributed by atoms with Crippen molar-refractivity contribution in [3.8, 4) is 0 Å². The van der Waals surface area contributed by atoms with Crippen LogP contribution in [0.2, 0.25) is 5.02 Å². The van der Waals surface area contributed by atoms with Crippen LogP contribution in [0.25, 0.3) is 0 Å². The average molecular weight is 441 g/mol. The first-order valence-corrected chi connectivity index (χ1v) is 10.6. The monoisotopic (exact) mass is 440 g/mol. The lowest BCUT2D eigenvalue weighted by Gasteiger charge is -2.47. The molecular weight excluding hydrogens is 414 g/mol. The summed E-state index contributed by atoms with van der Waals surface area (Å²) in [7, 11) is 0. The smallest absolute Gasteiger partial charge is 0.272 e. The zero-order valence-electron chi connectivity index (χ0n) is 16.9. The van der Waals surface area contributed by atoms with E-state index in [0.29, 0.717) is 11.0 Å². The summed E-state index contributed by atoms with van der Waals surface area (Å²) >= 11 is 6.00. The van der Waals surface area contributed by atoms with Gasteiger partial charge in [0.25, 0.3) is 5.92 Å². The molecule has 0 spiro atoms. The second-order valence-electron chi connectivity index (χ2n) is 8.20. The van der Waals surface area contributed by atoms with Gasteiger partial charge < -0.3 is 15.4 Å². The Morgan fingerprint density at radius 3 is 2.57 bits per heavy atom. The van der Waals surface area contributed by atoms with Crippen LogP contribution in [0, 0.1) is 0 Å². The number of ether oxygens (including phenoxy) is 1. The van der Waals surface area contributed by atoms with Crippen molar-refractivity contribution in [1.29, 1.82) is 0 Å². The minimum Gasteiger partial charge on any atom is -0.369 e. The number of nitrogens with two attached hydrogens (primary N) is 1. The lowest BCUT2D eigenvalue weighted by Crippen LogP contribution is -2.60. The van der Waals surface area contributed by atoms with Crippen molar-refractivity contribution in [2.75, 3.05) is 36.9 Å². The van der Waals surface area contributed by atoms with Gasteiger partial charge in [0.15, 0.2) is 0 Å². The van der Waals surface area contributed by atoms with Gasteiger partial charge in [-0.2, -0.15) is 4.98 Å². The number of morpholine rings is 1. The predicted molar refractivity (Wildman–Crippen MR) is 112 cm³/mol. The molecule has 0 aliphatic carbocycles. The third kappa shape index (κ3) is 4.84. The normalized spacial score (nSPS) is 24.3. The van der Waals surface area contributed by atoms with E-state index in [0.717, 1.165) is 44.8 Å². The predicted octanol–water partition coefficient (Wildman–Crippen LogP) is 2.98. The molecule has 2 atom stereocenters. The van der Waals surface area contributed by atoms with E-state index >= 15 is 0 Å². The maximum atomic E-state index is 14.0. The highest BCUT2D eigenvalue weighted by Crippen LogP contribution is 2.31. The third-order valence-electron chi connectivity index (χ3n) is 5.99. The molecule has 2 saturated heterocycles. The number of nitrogens with one attached hydrogen (secondary N) is 1. The maximum Gasteiger partial charge on any atom is 0.272 e. The van der Waals surface area contributed by atoms with Crippen LogP contribution in [0.15, 0.2) is 24.3 Å². The van der Waals surface area contributed by atoms with Crippen LogP contribution in [0.4, 0.5) is 20.7 Å². The van der Waals surface area contributed by atoms with Crippen LogP contribution in [0.5, 0.6) is 0 Å². The fourth-order valence-corrected chi connectivity index (χ4v) is 4.47. The van der Waals surface area contributed by atoms with E-state index in [1.807, 2.05) is 24.3 Å². The number of nitrogens with zero attached hydrogens (tertiary/aromatic N) is 4. The van der Waals surface area contributed by atoms with Crippen molar-refractivity contribution in [2.45, 2.75) is 50.3 Å². The fourth-order valence-electron chi connectivity index (χ4n) is 4.34. The molecule has 0 amide bonds. The molecule has 2 aliphatic rings. The summed E-state index contributed by atoms with van der Waals surface area (Å²) in [5.74, 6) is -2.00. The number of aromatic nitrogens is 3. The Balaban J connectivity index is 1.46. The molecule has 3 heterocycles. The van der Waals surface area contributed by atoms with Crippen LogP contribution in [0.1, 0.15) is 25.3 Å². The van der Waals surface area contributed by atoms with Crippen molar-refractivity contribution in [1.82, 2.24) is 20.1 Å². The number of nitrogen functional groups attached to an aromatic ring is 1. The first-order valence-electron chi connectivity index (χ1n) is 10.2. The quantitative estimate of drug-likeness (QED) is 0.743. The molecule has 2 aliphatic heterocycles. The van der Waals surface area contributed by atoms with Crippen LogP contribution in [-0.2, 0) is 11.2 Å². The molecule has 0 saturated carbocycles. The highest BCUT2D eigenvalue weighted by atomic mass is 35.5. The van der Waals surface area contributed by atoms with Crippen molar-refractivity contribution >= 4 is 23.5 Å². The van der Waals surface area contributed by atoms with Crippen LogP contribution in [-0.4, -0.2) is 70.4 Å². The number of hydrogen-bond donors (Lipinski definition) is 2.